The van der Waals surface area contributed by atoms with E-state index >= 15 is 0 Å². The van der Waals surface area contributed by atoms with Crippen LogP contribution in [-0.2, 0) is 10.0 Å². The molecular formula is C16H20N2O2S. The van der Waals surface area contributed by atoms with Crippen molar-refractivity contribution in [3.8, 4) is 0 Å². The van der Waals surface area contributed by atoms with E-state index in [0.717, 1.165) is 16.7 Å². The van der Waals surface area contributed by atoms with Crippen LogP contribution in [0.25, 0.3) is 0 Å². The van der Waals surface area contributed by atoms with Gasteiger partial charge in [0.15, 0.2) is 0 Å². The van der Waals surface area contributed by atoms with Crippen molar-refractivity contribution in [3.05, 3.63) is 53.1 Å². The summed E-state index contributed by atoms with van der Waals surface area (Å²) in [6.07, 6.45) is 0. The summed E-state index contributed by atoms with van der Waals surface area (Å²) < 4.78 is 27.9. The fraction of sp³-hybridized carbons (Fsp3) is 0.250. The lowest BCUT2D eigenvalue weighted by molar-refractivity contribution is 0.601. The second-order valence-corrected chi connectivity index (χ2v) is 6.78. The van der Waals surface area contributed by atoms with Crippen molar-refractivity contribution in [1.29, 1.82) is 0 Å². The number of nitrogens with one attached hydrogen (secondary N) is 2. The zero-order chi connectivity index (χ0) is 15.6. The highest BCUT2D eigenvalue weighted by atomic mass is 32.2. The molecule has 112 valence electrons. The van der Waals surface area contributed by atoms with Crippen LogP contribution in [-0.4, -0.2) is 15.5 Å². The lowest BCUT2D eigenvalue weighted by atomic mass is 10.1. The molecule has 0 saturated heterocycles. The molecule has 0 aliphatic carbocycles. The number of aryl methyl sites for hydroxylation is 3. The van der Waals surface area contributed by atoms with Crippen molar-refractivity contribution in [2.24, 2.45) is 0 Å². The van der Waals surface area contributed by atoms with Crippen LogP contribution in [0.4, 0.5) is 11.4 Å². The van der Waals surface area contributed by atoms with Gasteiger partial charge in [0.2, 0.25) is 0 Å². The number of benzene rings is 2. The number of hydrogen-bond donors (Lipinski definition) is 2. The molecule has 2 aromatic rings. The zero-order valence-electron chi connectivity index (χ0n) is 12.7. The van der Waals surface area contributed by atoms with E-state index in [1.165, 1.54) is 0 Å². The van der Waals surface area contributed by atoms with Gasteiger partial charge in [0.1, 0.15) is 4.90 Å². The lowest BCUT2D eigenvalue weighted by Crippen LogP contribution is -2.16. The van der Waals surface area contributed by atoms with E-state index in [0.29, 0.717) is 11.4 Å². The topological polar surface area (TPSA) is 58.2 Å². The molecule has 2 rings (SSSR count). The summed E-state index contributed by atoms with van der Waals surface area (Å²) in [5, 5.41) is 2.91. The molecule has 0 amide bonds. The molecular weight excluding hydrogens is 284 g/mol. The van der Waals surface area contributed by atoms with Crippen molar-refractivity contribution in [2.75, 3.05) is 17.1 Å². The molecule has 0 aliphatic heterocycles. The Labute approximate surface area is 126 Å². The molecule has 0 bridgehead atoms. The summed E-state index contributed by atoms with van der Waals surface area (Å²) >= 11 is 0. The first-order valence-corrected chi connectivity index (χ1v) is 8.21. The average molecular weight is 304 g/mol. The number of para-hydroxylation sites is 1. The highest BCUT2D eigenvalue weighted by molar-refractivity contribution is 7.92. The third-order valence-corrected chi connectivity index (χ3v) is 4.77. The minimum atomic E-state index is -3.63. The van der Waals surface area contributed by atoms with Gasteiger partial charge < -0.3 is 5.32 Å². The Morgan fingerprint density at radius 2 is 1.52 bits per heavy atom. The van der Waals surface area contributed by atoms with Crippen LogP contribution in [0.2, 0.25) is 0 Å². The van der Waals surface area contributed by atoms with Crippen LogP contribution in [0.15, 0.2) is 41.3 Å². The van der Waals surface area contributed by atoms with Crippen molar-refractivity contribution < 1.29 is 8.42 Å². The standard InChI is InChI=1S/C16H20N2O2S/c1-11-9-12(2)16(13(3)10-11)18-21(19,20)15-8-6-5-7-14(15)17-4/h5-10,17-18H,1-4H3. The smallest absolute Gasteiger partial charge is 0.263 e. The van der Waals surface area contributed by atoms with Crippen molar-refractivity contribution in [3.63, 3.8) is 0 Å². The predicted molar refractivity (Wildman–Crippen MR) is 87.5 cm³/mol. The van der Waals surface area contributed by atoms with Gasteiger partial charge in [-0.3, -0.25) is 4.72 Å². The van der Waals surface area contributed by atoms with Crippen LogP contribution in [0.3, 0.4) is 0 Å². The Morgan fingerprint density at radius 1 is 0.952 bits per heavy atom. The summed E-state index contributed by atoms with van der Waals surface area (Å²) in [5.41, 5.74) is 4.17. The van der Waals surface area contributed by atoms with E-state index in [9.17, 15) is 8.42 Å². The summed E-state index contributed by atoms with van der Waals surface area (Å²) in [4.78, 5) is 0.242. The highest BCUT2D eigenvalue weighted by Gasteiger charge is 2.19. The Hall–Kier alpha value is -2.01. The molecule has 21 heavy (non-hydrogen) atoms. The van der Waals surface area contributed by atoms with E-state index in [4.69, 9.17) is 0 Å². The maximum Gasteiger partial charge on any atom is 0.263 e. The quantitative estimate of drug-likeness (QED) is 0.909. The maximum absolute atomic E-state index is 12.6. The second kappa shape index (κ2) is 5.77. The maximum atomic E-state index is 12.6. The Balaban J connectivity index is 2.48. The minimum absolute atomic E-state index is 0.242. The first-order valence-electron chi connectivity index (χ1n) is 6.72. The fourth-order valence-electron chi connectivity index (χ4n) is 2.44. The Morgan fingerprint density at radius 3 is 2.10 bits per heavy atom. The van der Waals surface area contributed by atoms with E-state index < -0.39 is 10.0 Å². The van der Waals surface area contributed by atoms with Gasteiger partial charge in [0, 0.05) is 7.05 Å². The van der Waals surface area contributed by atoms with E-state index in [1.807, 2.05) is 32.9 Å². The Bertz CT molecular complexity index is 745. The molecule has 4 nitrogen and oxygen atoms in total. The first kappa shape index (κ1) is 15.4. The van der Waals surface area contributed by atoms with Crippen LogP contribution in [0, 0.1) is 20.8 Å². The first-order chi connectivity index (χ1) is 9.85. The van der Waals surface area contributed by atoms with Crippen LogP contribution < -0.4 is 10.0 Å². The molecule has 5 heteroatoms. The molecule has 2 N–H and O–H groups in total. The van der Waals surface area contributed by atoms with E-state index in [2.05, 4.69) is 10.0 Å². The summed E-state index contributed by atoms with van der Waals surface area (Å²) in [6, 6.07) is 10.8. The summed E-state index contributed by atoms with van der Waals surface area (Å²) in [6.45, 7) is 5.80. The molecule has 0 aliphatic rings. The van der Waals surface area contributed by atoms with Gasteiger partial charge in [0.05, 0.1) is 11.4 Å². The second-order valence-electron chi connectivity index (χ2n) is 5.13. The largest absolute Gasteiger partial charge is 0.387 e. The molecule has 0 fully saturated rings. The third kappa shape index (κ3) is 3.19. The summed E-state index contributed by atoms with van der Waals surface area (Å²) in [5.74, 6) is 0. The molecule has 0 saturated carbocycles. The van der Waals surface area contributed by atoms with Gasteiger partial charge in [-0.05, 0) is 44.0 Å². The SMILES string of the molecule is CNc1ccccc1S(=O)(=O)Nc1c(C)cc(C)cc1C. The van der Waals surface area contributed by atoms with Gasteiger partial charge in [0.25, 0.3) is 10.0 Å². The predicted octanol–water partition coefficient (Wildman–Crippen LogP) is 3.45. The van der Waals surface area contributed by atoms with Gasteiger partial charge in [-0.2, -0.15) is 0 Å². The Kier molecular flexibility index (Phi) is 4.23. The lowest BCUT2D eigenvalue weighted by Gasteiger charge is -2.16. The van der Waals surface area contributed by atoms with Gasteiger partial charge in [-0.1, -0.05) is 29.8 Å². The van der Waals surface area contributed by atoms with Crippen molar-refractivity contribution in [1.82, 2.24) is 0 Å². The number of rotatable bonds is 4. The molecule has 0 heterocycles. The molecule has 0 radical (unpaired) electrons. The number of anilines is 2. The van der Waals surface area contributed by atoms with E-state index in [-0.39, 0.29) is 4.90 Å². The average Bonchev–Trinajstić information content (AvgIpc) is 2.43. The van der Waals surface area contributed by atoms with Crippen LogP contribution in [0.5, 0.6) is 0 Å². The highest BCUT2D eigenvalue weighted by Crippen LogP contribution is 2.27. The van der Waals surface area contributed by atoms with Crippen LogP contribution in [0.1, 0.15) is 16.7 Å². The molecule has 0 aromatic heterocycles. The zero-order valence-corrected chi connectivity index (χ0v) is 13.5. The number of sulfonamides is 1. The minimum Gasteiger partial charge on any atom is -0.387 e. The number of hydrogen-bond acceptors (Lipinski definition) is 3. The van der Waals surface area contributed by atoms with E-state index in [1.54, 1.807) is 31.3 Å². The molecule has 2 aromatic carbocycles. The summed E-state index contributed by atoms with van der Waals surface area (Å²) in [7, 11) is -1.92. The van der Waals surface area contributed by atoms with Gasteiger partial charge >= 0.3 is 0 Å². The monoisotopic (exact) mass is 304 g/mol. The molecule has 0 spiro atoms. The molecule has 0 unspecified atom stereocenters. The molecule has 0 atom stereocenters. The normalized spacial score (nSPS) is 11.2. The van der Waals surface area contributed by atoms with Crippen molar-refractivity contribution in [2.45, 2.75) is 25.7 Å². The van der Waals surface area contributed by atoms with Crippen molar-refractivity contribution >= 4 is 21.4 Å². The van der Waals surface area contributed by atoms with Crippen LogP contribution >= 0.6 is 0 Å². The van der Waals surface area contributed by atoms with Gasteiger partial charge in [-0.15, -0.1) is 0 Å². The fourth-order valence-corrected chi connectivity index (χ4v) is 3.86. The van der Waals surface area contributed by atoms with Gasteiger partial charge in [-0.25, -0.2) is 8.42 Å². The third-order valence-electron chi connectivity index (χ3n) is 3.36.